The van der Waals surface area contributed by atoms with Crippen molar-refractivity contribution < 1.29 is 26.8 Å². The molecule has 5 rings (SSSR count). The number of anilines is 1. The minimum absolute atomic E-state index is 0.692. The van der Waals surface area contributed by atoms with Crippen molar-refractivity contribution in [3.8, 4) is 5.75 Å². The Morgan fingerprint density at radius 3 is 2.11 bits per heavy atom. The molecule has 0 unspecified atom stereocenters. The van der Waals surface area contributed by atoms with Gasteiger partial charge in [0.1, 0.15) is 12.3 Å². The lowest BCUT2D eigenvalue weighted by atomic mass is 9.98. The van der Waals surface area contributed by atoms with Gasteiger partial charge < -0.3 is 19.2 Å². The van der Waals surface area contributed by atoms with E-state index in [0.717, 1.165) is 24.5 Å². The zero-order chi connectivity index (χ0) is 25.7. The molecule has 0 fully saturated rings. The monoisotopic (exact) mass is 503 g/mol. The maximum absolute atomic E-state index is 8.52. The van der Waals surface area contributed by atoms with Gasteiger partial charge in [0, 0.05) is 34.3 Å². The van der Waals surface area contributed by atoms with E-state index in [1.54, 1.807) is 0 Å². The summed E-state index contributed by atoms with van der Waals surface area (Å²) >= 11 is 0. The number of hydrogen-bond donors (Lipinski definition) is 1. The van der Waals surface area contributed by atoms with Crippen LogP contribution >= 0.6 is 0 Å². The highest BCUT2D eigenvalue weighted by Gasteiger charge is 2.31. The van der Waals surface area contributed by atoms with Gasteiger partial charge in [-0.1, -0.05) is 36.4 Å². The fourth-order valence-electron chi connectivity index (χ4n) is 4.47. The van der Waals surface area contributed by atoms with Crippen molar-refractivity contribution in [1.82, 2.24) is 0 Å². The Balaban J connectivity index is 0.000000556. The van der Waals surface area contributed by atoms with Crippen molar-refractivity contribution in [2.45, 2.75) is 20.4 Å². The summed E-state index contributed by atoms with van der Waals surface area (Å²) in [5.74, 6) is 0.917. The Bertz CT molecular complexity index is 1480. The van der Waals surface area contributed by atoms with Crippen LogP contribution in [-0.4, -0.2) is 41.0 Å². The van der Waals surface area contributed by atoms with E-state index in [2.05, 4.69) is 89.6 Å². The van der Waals surface area contributed by atoms with Gasteiger partial charge in [-0.25, -0.2) is 0 Å². The fraction of sp³-hybridized carbons (Fsp3) is 0.179. The molecule has 0 aromatic heterocycles. The minimum atomic E-state index is -5.17. The van der Waals surface area contributed by atoms with Gasteiger partial charge in [-0.15, -0.1) is 0 Å². The largest absolute Gasteiger partial charge is 0.759 e. The molecule has 186 valence electrons. The minimum Gasteiger partial charge on any atom is -0.759 e. The predicted molar refractivity (Wildman–Crippen MR) is 139 cm³/mol. The lowest BCUT2D eigenvalue weighted by Gasteiger charge is -2.09. The summed E-state index contributed by atoms with van der Waals surface area (Å²) < 4.78 is 42.0. The van der Waals surface area contributed by atoms with Gasteiger partial charge >= 0.3 is 0 Å². The first-order valence-corrected chi connectivity index (χ1v) is 13.0. The quantitative estimate of drug-likeness (QED) is 0.216. The van der Waals surface area contributed by atoms with Crippen molar-refractivity contribution in [2.75, 3.05) is 18.5 Å². The van der Waals surface area contributed by atoms with E-state index < -0.39 is 10.4 Å². The Morgan fingerprint density at radius 2 is 1.50 bits per heavy atom. The van der Waals surface area contributed by atoms with Gasteiger partial charge in [-0.2, -0.15) is 4.58 Å². The van der Waals surface area contributed by atoms with Crippen molar-refractivity contribution in [2.24, 2.45) is 0 Å². The summed E-state index contributed by atoms with van der Waals surface area (Å²) in [6.45, 7) is 6.65. The van der Waals surface area contributed by atoms with Crippen LogP contribution in [0.3, 0.4) is 0 Å². The molecule has 1 aliphatic heterocycles. The van der Waals surface area contributed by atoms with Gasteiger partial charge in [-0.05, 0) is 67.3 Å². The Hall–Kier alpha value is -3.72. The van der Waals surface area contributed by atoms with Crippen molar-refractivity contribution in [1.29, 1.82) is 0 Å². The third-order valence-corrected chi connectivity index (χ3v) is 5.90. The Kier molecular flexibility index (Phi) is 7.69. The van der Waals surface area contributed by atoms with E-state index >= 15 is 0 Å². The molecule has 1 heterocycles. The molecule has 0 spiro atoms. The molecule has 0 bridgehead atoms. The highest BCUT2D eigenvalue weighted by Crippen LogP contribution is 2.36. The third kappa shape index (κ3) is 5.91. The molecule has 0 saturated heterocycles. The molecule has 0 atom stereocenters. The number of nitrogens with zero attached hydrogens (tertiary/aromatic N) is 1. The first kappa shape index (κ1) is 25.4. The number of nitrogens with one attached hydrogen (secondary N) is 1. The second-order valence-electron chi connectivity index (χ2n) is 8.19. The van der Waals surface area contributed by atoms with Crippen LogP contribution in [0.15, 0.2) is 84.9 Å². The first-order chi connectivity index (χ1) is 17.3. The zero-order valence-electron chi connectivity index (χ0n) is 20.1. The van der Waals surface area contributed by atoms with Gasteiger partial charge in [0.2, 0.25) is 11.4 Å². The van der Waals surface area contributed by atoms with E-state index in [1.165, 1.54) is 38.9 Å². The molecule has 7 nitrogen and oxygen atoms in total. The summed E-state index contributed by atoms with van der Waals surface area (Å²) in [7, 11) is -5.17. The van der Waals surface area contributed by atoms with Crippen molar-refractivity contribution in [3.05, 3.63) is 102 Å². The molecule has 1 N–H and O–H groups in total. The molecule has 4 aromatic carbocycles. The topological polar surface area (TPSA) is 105 Å². The zero-order valence-corrected chi connectivity index (χ0v) is 20.9. The van der Waals surface area contributed by atoms with E-state index in [4.69, 9.17) is 22.3 Å². The highest BCUT2D eigenvalue weighted by molar-refractivity contribution is 7.79. The van der Waals surface area contributed by atoms with Gasteiger partial charge in [0.15, 0.2) is 0 Å². The van der Waals surface area contributed by atoms with Crippen LogP contribution in [0.4, 0.5) is 11.4 Å². The second kappa shape index (κ2) is 10.9. The van der Waals surface area contributed by atoms with E-state index in [9.17, 15) is 0 Å². The van der Waals surface area contributed by atoms with Crippen molar-refractivity contribution >= 4 is 38.3 Å². The molecule has 0 amide bonds. The molecule has 0 saturated carbocycles. The van der Waals surface area contributed by atoms with Crippen LogP contribution < -0.4 is 10.1 Å². The van der Waals surface area contributed by atoms with E-state index in [0.29, 0.717) is 6.61 Å². The van der Waals surface area contributed by atoms with E-state index in [1.807, 2.05) is 19.1 Å². The average Bonchev–Trinajstić information content (AvgIpc) is 3.18. The fourth-order valence-corrected chi connectivity index (χ4v) is 4.47. The SMILES string of the molecule is CCOc1ccc(CNc2ccc(C3=[N+](CC)c4cccc5cccc3c45)cc2)cc1.O=S(=O)([O-])[O-]. The Morgan fingerprint density at radius 1 is 0.861 bits per heavy atom. The lowest BCUT2D eigenvalue weighted by Crippen LogP contribution is -2.15. The highest BCUT2D eigenvalue weighted by atomic mass is 32.3. The maximum atomic E-state index is 8.52. The maximum Gasteiger partial charge on any atom is 0.221 e. The lowest BCUT2D eigenvalue weighted by molar-refractivity contribution is -0.431. The third-order valence-electron chi connectivity index (χ3n) is 5.90. The number of ether oxygens (including phenoxy) is 1. The number of rotatable bonds is 7. The summed E-state index contributed by atoms with van der Waals surface area (Å²) in [6, 6.07) is 30.3. The van der Waals surface area contributed by atoms with Crippen LogP contribution in [0.1, 0.15) is 30.5 Å². The smallest absolute Gasteiger partial charge is 0.221 e. The normalized spacial score (nSPS) is 12.3. The molecule has 4 aromatic rings. The molecule has 1 aliphatic rings. The van der Waals surface area contributed by atoms with Crippen LogP contribution in [0, 0.1) is 0 Å². The molecule has 0 radical (unpaired) electrons. The summed E-state index contributed by atoms with van der Waals surface area (Å²) in [5, 5.41) is 6.19. The second-order valence-corrected chi connectivity index (χ2v) is 9.01. The number of benzene rings is 4. The average molecular weight is 504 g/mol. The van der Waals surface area contributed by atoms with Gasteiger partial charge in [-0.3, -0.25) is 8.42 Å². The summed E-state index contributed by atoms with van der Waals surface area (Å²) in [6.07, 6.45) is 0. The van der Waals surface area contributed by atoms with Crippen LogP contribution in [-0.2, 0) is 16.9 Å². The molecule has 0 aliphatic carbocycles. The van der Waals surface area contributed by atoms with Crippen LogP contribution in [0.2, 0.25) is 0 Å². The van der Waals surface area contributed by atoms with Crippen LogP contribution in [0.5, 0.6) is 5.75 Å². The standard InChI is InChI=1S/C28H26N2O.H2O4S/c1-3-30-26-10-6-8-21-7-5-9-25(27(21)26)28(30)22-13-15-23(16-14-22)29-19-20-11-17-24(18-12-20)31-4-2;1-5(2,3)4/h5-18H,3-4,19H2,1-2H3;(H2,1,2,3,4)/p-1. The van der Waals surface area contributed by atoms with Gasteiger partial charge in [0.05, 0.1) is 17.6 Å². The predicted octanol–water partition coefficient (Wildman–Crippen LogP) is 5.03. The van der Waals surface area contributed by atoms with Gasteiger partial charge in [0.25, 0.3) is 0 Å². The Labute approximate surface area is 211 Å². The molecule has 8 heteroatoms. The van der Waals surface area contributed by atoms with Crippen LogP contribution in [0.25, 0.3) is 10.8 Å². The summed E-state index contributed by atoms with van der Waals surface area (Å²) in [4.78, 5) is 0. The van der Waals surface area contributed by atoms with E-state index in [-0.39, 0.29) is 0 Å². The molecule has 36 heavy (non-hydrogen) atoms. The molecular formula is C28H27N2O5S-. The summed E-state index contributed by atoms with van der Waals surface area (Å²) in [5.41, 5.74) is 7.53. The van der Waals surface area contributed by atoms with Crippen molar-refractivity contribution in [3.63, 3.8) is 0 Å². The molecular weight excluding hydrogens is 476 g/mol. The number of hydrogen-bond acceptors (Lipinski definition) is 6. The first-order valence-electron chi connectivity index (χ1n) is 11.7.